The summed E-state index contributed by atoms with van der Waals surface area (Å²) in [7, 11) is 1.67. The third kappa shape index (κ3) is 3.80. The largest absolute Gasteiger partial charge is 0.496 e. The molecule has 21 heavy (non-hydrogen) atoms. The maximum Gasteiger partial charge on any atom is 0.133 e. The summed E-state index contributed by atoms with van der Waals surface area (Å²) >= 11 is 7.18. The van der Waals surface area contributed by atoms with Crippen LogP contribution >= 0.6 is 31.9 Å². The van der Waals surface area contributed by atoms with Crippen molar-refractivity contribution in [3.05, 3.63) is 56.0 Å². The van der Waals surface area contributed by atoms with Gasteiger partial charge in [-0.25, -0.2) is 0 Å². The van der Waals surface area contributed by atoms with Crippen molar-refractivity contribution in [3.8, 4) is 5.75 Å². The van der Waals surface area contributed by atoms with Crippen LogP contribution in [-0.2, 0) is 0 Å². The van der Waals surface area contributed by atoms with Gasteiger partial charge >= 0.3 is 0 Å². The van der Waals surface area contributed by atoms with E-state index in [1.807, 2.05) is 6.07 Å². The van der Waals surface area contributed by atoms with Gasteiger partial charge in [-0.15, -0.1) is 0 Å². The van der Waals surface area contributed by atoms with Crippen molar-refractivity contribution in [3.63, 3.8) is 0 Å². The number of rotatable bonds is 4. The third-order valence-electron chi connectivity index (χ3n) is 3.47. The van der Waals surface area contributed by atoms with Gasteiger partial charge in [0.2, 0.25) is 0 Å². The van der Waals surface area contributed by atoms with E-state index in [0.29, 0.717) is 0 Å². The molecule has 1 N–H and O–H groups in total. The number of benzene rings is 2. The molecule has 0 saturated heterocycles. The molecule has 0 radical (unpaired) electrons. The van der Waals surface area contributed by atoms with Gasteiger partial charge in [0.05, 0.1) is 17.3 Å². The van der Waals surface area contributed by atoms with Crippen LogP contribution in [0.15, 0.2) is 39.3 Å². The Labute approximate surface area is 143 Å². The number of hydrogen-bond acceptors (Lipinski definition) is 2. The first kappa shape index (κ1) is 16.4. The van der Waals surface area contributed by atoms with E-state index in [2.05, 4.69) is 82.2 Å². The molecule has 112 valence electrons. The number of nitrogens with one attached hydrogen (secondary N) is 1. The molecule has 0 aliphatic rings. The Morgan fingerprint density at radius 1 is 1.05 bits per heavy atom. The molecular formula is C17H19Br2NO. The zero-order valence-corrected chi connectivity index (χ0v) is 15.8. The van der Waals surface area contributed by atoms with Crippen LogP contribution in [0.5, 0.6) is 5.75 Å². The van der Waals surface area contributed by atoms with Crippen molar-refractivity contribution in [2.45, 2.75) is 26.8 Å². The average molecular weight is 413 g/mol. The molecule has 2 nitrogen and oxygen atoms in total. The van der Waals surface area contributed by atoms with Crippen LogP contribution in [0.3, 0.4) is 0 Å². The lowest BCUT2D eigenvalue weighted by molar-refractivity contribution is 0.412. The predicted molar refractivity (Wildman–Crippen MR) is 96.3 cm³/mol. The molecule has 4 heteroatoms. The van der Waals surface area contributed by atoms with Crippen LogP contribution in [0.25, 0.3) is 0 Å². The first-order valence-electron chi connectivity index (χ1n) is 6.79. The number of hydrogen-bond donors (Lipinski definition) is 1. The summed E-state index contributed by atoms with van der Waals surface area (Å²) in [5.74, 6) is 0.846. The van der Waals surface area contributed by atoms with E-state index in [4.69, 9.17) is 4.74 Å². The van der Waals surface area contributed by atoms with Crippen LogP contribution < -0.4 is 10.1 Å². The highest BCUT2D eigenvalue weighted by molar-refractivity contribution is 9.11. The van der Waals surface area contributed by atoms with Gasteiger partial charge in [0.25, 0.3) is 0 Å². The smallest absolute Gasteiger partial charge is 0.133 e. The fourth-order valence-corrected chi connectivity index (χ4v) is 3.70. The zero-order chi connectivity index (χ0) is 15.6. The minimum atomic E-state index is 0.199. The number of aryl methyl sites for hydroxylation is 2. The molecule has 0 heterocycles. The van der Waals surface area contributed by atoms with Gasteiger partial charge in [-0.3, -0.25) is 0 Å². The maximum atomic E-state index is 5.27. The zero-order valence-electron chi connectivity index (χ0n) is 12.6. The molecule has 0 aromatic heterocycles. The van der Waals surface area contributed by atoms with Gasteiger partial charge in [-0.2, -0.15) is 0 Å². The Morgan fingerprint density at radius 3 is 2.33 bits per heavy atom. The molecule has 0 fully saturated rings. The van der Waals surface area contributed by atoms with Crippen LogP contribution in [0.4, 0.5) is 5.69 Å². The van der Waals surface area contributed by atoms with Crippen LogP contribution in [0.2, 0.25) is 0 Å². The van der Waals surface area contributed by atoms with Crippen molar-refractivity contribution >= 4 is 37.5 Å². The minimum Gasteiger partial charge on any atom is -0.496 e. The summed E-state index contributed by atoms with van der Waals surface area (Å²) in [6, 6.07) is 10.7. The Kier molecular flexibility index (Phi) is 5.33. The van der Waals surface area contributed by atoms with E-state index in [9.17, 15) is 0 Å². The monoisotopic (exact) mass is 411 g/mol. The van der Waals surface area contributed by atoms with Crippen molar-refractivity contribution in [1.29, 1.82) is 0 Å². The highest BCUT2D eigenvalue weighted by Gasteiger charge is 2.12. The molecule has 0 bridgehead atoms. The summed E-state index contributed by atoms with van der Waals surface area (Å²) in [4.78, 5) is 0. The minimum absolute atomic E-state index is 0.199. The number of methoxy groups -OCH3 is 1. The lowest BCUT2D eigenvalue weighted by Gasteiger charge is -2.20. The van der Waals surface area contributed by atoms with E-state index in [1.165, 1.54) is 16.7 Å². The molecule has 0 saturated carbocycles. The van der Waals surface area contributed by atoms with E-state index >= 15 is 0 Å². The maximum absolute atomic E-state index is 5.27. The first-order chi connectivity index (χ1) is 9.92. The Morgan fingerprint density at radius 2 is 1.76 bits per heavy atom. The van der Waals surface area contributed by atoms with Gasteiger partial charge in [0.1, 0.15) is 5.75 Å². The molecule has 0 amide bonds. The van der Waals surface area contributed by atoms with Crippen LogP contribution in [-0.4, -0.2) is 7.11 Å². The molecule has 0 spiro atoms. The molecular weight excluding hydrogens is 394 g/mol. The molecule has 1 unspecified atom stereocenters. The van der Waals surface area contributed by atoms with E-state index in [1.54, 1.807) is 7.11 Å². The summed E-state index contributed by atoms with van der Waals surface area (Å²) in [6.07, 6.45) is 0. The summed E-state index contributed by atoms with van der Waals surface area (Å²) in [5, 5.41) is 3.58. The molecule has 0 aliphatic heterocycles. The molecule has 0 aliphatic carbocycles. The SMILES string of the molecule is COc1ccc(C(C)Nc2c(C)cc(C)cc2Br)cc1Br. The van der Waals surface area contributed by atoms with E-state index in [-0.39, 0.29) is 6.04 Å². The van der Waals surface area contributed by atoms with Crippen molar-refractivity contribution < 1.29 is 4.74 Å². The topological polar surface area (TPSA) is 21.3 Å². The number of ether oxygens (including phenoxy) is 1. The first-order valence-corrected chi connectivity index (χ1v) is 8.37. The summed E-state index contributed by atoms with van der Waals surface area (Å²) in [5.41, 5.74) is 4.83. The molecule has 2 aromatic carbocycles. The Hall–Kier alpha value is -1.000. The molecule has 2 aromatic rings. The van der Waals surface area contributed by atoms with Crippen molar-refractivity contribution in [2.24, 2.45) is 0 Å². The summed E-state index contributed by atoms with van der Waals surface area (Å²) < 4.78 is 7.34. The van der Waals surface area contributed by atoms with E-state index < -0.39 is 0 Å². The second-order valence-electron chi connectivity index (χ2n) is 5.20. The number of anilines is 1. The lowest BCUT2D eigenvalue weighted by atomic mass is 10.1. The lowest BCUT2D eigenvalue weighted by Crippen LogP contribution is -2.08. The Balaban J connectivity index is 2.26. The quantitative estimate of drug-likeness (QED) is 0.663. The van der Waals surface area contributed by atoms with E-state index in [0.717, 1.165) is 20.4 Å². The van der Waals surface area contributed by atoms with Gasteiger partial charge < -0.3 is 10.1 Å². The Bertz CT molecular complexity index is 632. The second kappa shape index (κ2) is 6.84. The average Bonchev–Trinajstić information content (AvgIpc) is 2.42. The standard InChI is InChI=1S/C17H19Br2NO/c1-10-7-11(2)17(15(19)8-10)20-12(3)13-5-6-16(21-4)14(18)9-13/h5-9,12,20H,1-4H3. The second-order valence-corrected chi connectivity index (χ2v) is 6.91. The normalized spacial score (nSPS) is 12.1. The fourth-order valence-electron chi connectivity index (χ4n) is 2.35. The predicted octanol–water partition coefficient (Wildman–Crippen LogP) is 6.01. The number of halogens is 2. The molecule has 1 atom stereocenters. The third-order valence-corrected chi connectivity index (χ3v) is 4.71. The summed E-state index contributed by atoms with van der Waals surface area (Å²) in [6.45, 7) is 6.38. The highest BCUT2D eigenvalue weighted by atomic mass is 79.9. The van der Waals surface area contributed by atoms with Crippen LogP contribution in [0.1, 0.15) is 29.7 Å². The van der Waals surface area contributed by atoms with Crippen LogP contribution in [0, 0.1) is 13.8 Å². The van der Waals surface area contributed by atoms with Gasteiger partial charge in [0.15, 0.2) is 0 Å². The van der Waals surface area contributed by atoms with Crippen molar-refractivity contribution in [1.82, 2.24) is 0 Å². The molecule has 2 rings (SSSR count). The van der Waals surface area contributed by atoms with Gasteiger partial charge in [-0.1, -0.05) is 12.1 Å². The van der Waals surface area contributed by atoms with Gasteiger partial charge in [0, 0.05) is 10.5 Å². The van der Waals surface area contributed by atoms with Gasteiger partial charge in [-0.05, 0) is 87.5 Å². The highest BCUT2D eigenvalue weighted by Crippen LogP contribution is 2.33. The van der Waals surface area contributed by atoms with Crippen molar-refractivity contribution in [2.75, 3.05) is 12.4 Å². The fraction of sp³-hybridized carbons (Fsp3) is 0.294.